The second kappa shape index (κ2) is 10.3. The smallest absolute Gasteiger partial charge is 0.236 e. The summed E-state index contributed by atoms with van der Waals surface area (Å²) < 4.78 is 0. The lowest BCUT2D eigenvalue weighted by atomic mass is 9.98. The molecule has 0 aromatic rings. The van der Waals surface area contributed by atoms with E-state index in [-0.39, 0.29) is 12.5 Å². The predicted molar refractivity (Wildman–Crippen MR) is 75.5 cm³/mol. The number of hydrogen-bond acceptors (Lipinski definition) is 3. The number of amides is 1. The minimum atomic E-state index is 0.229. The van der Waals surface area contributed by atoms with Gasteiger partial charge in [-0.05, 0) is 38.8 Å². The molecular formula is C14H30N2O2. The number of nitrogens with zero attached hydrogens (tertiary/aromatic N) is 2. The van der Waals surface area contributed by atoms with Gasteiger partial charge in [0.15, 0.2) is 0 Å². The highest BCUT2D eigenvalue weighted by atomic mass is 16.3. The molecule has 0 bridgehead atoms. The number of rotatable bonds is 5. The van der Waals surface area contributed by atoms with Crippen LogP contribution in [-0.4, -0.2) is 60.6 Å². The Morgan fingerprint density at radius 3 is 2.33 bits per heavy atom. The van der Waals surface area contributed by atoms with E-state index >= 15 is 0 Å². The maximum atomic E-state index is 11.9. The molecule has 1 amide bonds. The highest BCUT2D eigenvalue weighted by molar-refractivity contribution is 5.78. The third kappa shape index (κ3) is 6.36. The molecule has 4 heteroatoms. The number of aliphatic hydroxyl groups is 1. The lowest BCUT2D eigenvalue weighted by molar-refractivity contribution is -0.133. The van der Waals surface area contributed by atoms with E-state index < -0.39 is 0 Å². The number of piperidine rings is 1. The molecule has 108 valence electrons. The van der Waals surface area contributed by atoms with Crippen molar-refractivity contribution in [1.82, 2.24) is 9.80 Å². The molecule has 1 aliphatic heterocycles. The van der Waals surface area contributed by atoms with Crippen molar-refractivity contribution in [2.45, 2.75) is 40.0 Å². The van der Waals surface area contributed by atoms with Gasteiger partial charge in [-0.3, -0.25) is 9.69 Å². The Labute approximate surface area is 112 Å². The summed E-state index contributed by atoms with van der Waals surface area (Å²) in [6.07, 6.45) is 2.97. The second-order valence-electron chi connectivity index (χ2n) is 4.74. The molecule has 1 saturated heterocycles. The fourth-order valence-corrected chi connectivity index (χ4v) is 2.16. The molecule has 1 aliphatic rings. The first-order chi connectivity index (χ1) is 8.67. The first-order valence-electron chi connectivity index (χ1n) is 7.24. The summed E-state index contributed by atoms with van der Waals surface area (Å²) in [6.45, 7) is 9.50. The zero-order chi connectivity index (χ0) is 14.0. The summed E-state index contributed by atoms with van der Waals surface area (Å²) in [7, 11) is 1.99. The van der Waals surface area contributed by atoms with Crippen LogP contribution in [0.3, 0.4) is 0 Å². The van der Waals surface area contributed by atoms with E-state index in [2.05, 4.69) is 11.8 Å². The first kappa shape index (κ1) is 17.4. The minimum absolute atomic E-state index is 0.229. The van der Waals surface area contributed by atoms with Crippen molar-refractivity contribution in [3.05, 3.63) is 0 Å². The fourth-order valence-electron chi connectivity index (χ4n) is 2.16. The zero-order valence-electron chi connectivity index (χ0n) is 12.5. The number of likely N-dealkylation sites (N-methyl/N-ethyl adjacent to an activating group) is 1. The van der Waals surface area contributed by atoms with Crippen molar-refractivity contribution in [2.24, 2.45) is 5.92 Å². The standard InChI is InChI=1S/C12H24N2O2.C2H6/c1-3-6-13(2)9-12(16)14-7-4-11(10-15)5-8-14;1-2/h11,15H,3-10H2,1-2H3;1-2H3. The Balaban J connectivity index is 0.00000137. The minimum Gasteiger partial charge on any atom is -0.396 e. The third-order valence-corrected chi connectivity index (χ3v) is 3.24. The largest absolute Gasteiger partial charge is 0.396 e. The molecule has 0 spiro atoms. The summed E-state index contributed by atoms with van der Waals surface area (Å²) in [5.41, 5.74) is 0. The molecule has 1 rings (SSSR count). The molecule has 1 fully saturated rings. The molecule has 1 N–H and O–H groups in total. The summed E-state index contributed by atoms with van der Waals surface area (Å²) >= 11 is 0. The molecule has 0 radical (unpaired) electrons. The quantitative estimate of drug-likeness (QED) is 0.814. The van der Waals surface area contributed by atoms with Gasteiger partial charge in [0.05, 0.1) is 6.54 Å². The summed E-state index contributed by atoms with van der Waals surface area (Å²) in [5.74, 6) is 0.629. The number of aliphatic hydroxyl groups excluding tert-OH is 1. The highest BCUT2D eigenvalue weighted by Crippen LogP contribution is 2.16. The highest BCUT2D eigenvalue weighted by Gasteiger charge is 2.22. The molecule has 18 heavy (non-hydrogen) atoms. The van der Waals surface area contributed by atoms with Crippen LogP contribution in [0.25, 0.3) is 0 Å². The Morgan fingerprint density at radius 1 is 1.33 bits per heavy atom. The van der Waals surface area contributed by atoms with Crippen molar-refractivity contribution in [2.75, 3.05) is 39.8 Å². The lowest BCUT2D eigenvalue weighted by Gasteiger charge is -2.32. The topological polar surface area (TPSA) is 43.8 Å². The van der Waals surface area contributed by atoms with E-state index in [1.807, 2.05) is 25.8 Å². The van der Waals surface area contributed by atoms with Crippen LogP contribution in [0.2, 0.25) is 0 Å². The van der Waals surface area contributed by atoms with Crippen LogP contribution >= 0.6 is 0 Å². The van der Waals surface area contributed by atoms with E-state index in [9.17, 15) is 4.79 Å². The SMILES string of the molecule is CC.CCCN(C)CC(=O)N1CCC(CO)CC1. The summed E-state index contributed by atoms with van der Waals surface area (Å²) in [6, 6.07) is 0. The van der Waals surface area contributed by atoms with Gasteiger partial charge in [0.25, 0.3) is 0 Å². The van der Waals surface area contributed by atoms with E-state index in [4.69, 9.17) is 5.11 Å². The van der Waals surface area contributed by atoms with E-state index in [1.165, 1.54) is 0 Å². The van der Waals surface area contributed by atoms with E-state index in [0.29, 0.717) is 12.5 Å². The Morgan fingerprint density at radius 2 is 1.89 bits per heavy atom. The van der Waals surface area contributed by atoms with Gasteiger partial charge in [-0.25, -0.2) is 0 Å². The van der Waals surface area contributed by atoms with Crippen molar-refractivity contribution in [3.8, 4) is 0 Å². The van der Waals surface area contributed by atoms with Gasteiger partial charge in [0.2, 0.25) is 5.91 Å². The molecule has 0 saturated carbocycles. The third-order valence-electron chi connectivity index (χ3n) is 3.24. The van der Waals surface area contributed by atoms with E-state index in [0.717, 1.165) is 38.9 Å². The monoisotopic (exact) mass is 258 g/mol. The average Bonchev–Trinajstić information content (AvgIpc) is 2.41. The van der Waals surface area contributed by atoms with Crippen LogP contribution in [0.15, 0.2) is 0 Å². The Hall–Kier alpha value is -0.610. The second-order valence-corrected chi connectivity index (χ2v) is 4.74. The number of hydrogen-bond donors (Lipinski definition) is 1. The van der Waals surface area contributed by atoms with Gasteiger partial charge < -0.3 is 10.0 Å². The van der Waals surface area contributed by atoms with Crippen molar-refractivity contribution >= 4 is 5.91 Å². The van der Waals surface area contributed by atoms with Gasteiger partial charge in [0.1, 0.15) is 0 Å². The van der Waals surface area contributed by atoms with Crippen LogP contribution in [0.1, 0.15) is 40.0 Å². The summed E-state index contributed by atoms with van der Waals surface area (Å²) in [4.78, 5) is 15.9. The van der Waals surface area contributed by atoms with Crippen LogP contribution in [0.5, 0.6) is 0 Å². The van der Waals surface area contributed by atoms with Crippen LogP contribution < -0.4 is 0 Å². The van der Waals surface area contributed by atoms with Gasteiger partial charge in [0, 0.05) is 19.7 Å². The van der Waals surface area contributed by atoms with Crippen molar-refractivity contribution in [3.63, 3.8) is 0 Å². The number of likely N-dealkylation sites (tertiary alicyclic amines) is 1. The molecule has 0 unspecified atom stereocenters. The molecule has 0 atom stereocenters. The van der Waals surface area contributed by atoms with Gasteiger partial charge in [-0.15, -0.1) is 0 Å². The number of carbonyl (C=O) groups is 1. The first-order valence-corrected chi connectivity index (χ1v) is 7.24. The van der Waals surface area contributed by atoms with E-state index in [1.54, 1.807) is 0 Å². The fraction of sp³-hybridized carbons (Fsp3) is 0.929. The van der Waals surface area contributed by atoms with Gasteiger partial charge >= 0.3 is 0 Å². The molecule has 4 nitrogen and oxygen atoms in total. The van der Waals surface area contributed by atoms with Gasteiger partial charge in [-0.2, -0.15) is 0 Å². The van der Waals surface area contributed by atoms with Gasteiger partial charge in [-0.1, -0.05) is 20.8 Å². The molecule has 0 aliphatic carbocycles. The Bertz CT molecular complexity index is 214. The zero-order valence-corrected chi connectivity index (χ0v) is 12.5. The van der Waals surface area contributed by atoms with Crippen LogP contribution in [0, 0.1) is 5.92 Å². The maximum absolute atomic E-state index is 11.9. The molecule has 0 aromatic heterocycles. The lowest BCUT2D eigenvalue weighted by Crippen LogP contribution is -2.43. The average molecular weight is 258 g/mol. The normalized spacial score (nSPS) is 16.4. The Kier molecular flexibility index (Phi) is 9.98. The maximum Gasteiger partial charge on any atom is 0.236 e. The molecular weight excluding hydrogens is 228 g/mol. The molecule has 0 aromatic carbocycles. The predicted octanol–water partition coefficient (Wildman–Crippen LogP) is 1.59. The van der Waals surface area contributed by atoms with Crippen LogP contribution in [0.4, 0.5) is 0 Å². The van der Waals surface area contributed by atoms with Crippen LogP contribution in [-0.2, 0) is 4.79 Å². The van der Waals surface area contributed by atoms with Crippen molar-refractivity contribution in [1.29, 1.82) is 0 Å². The van der Waals surface area contributed by atoms with Crippen molar-refractivity contribution < 1.29 is 9.90 Å². The summed E-state index contributed by atoms with van der Waals surface area (Å²) in [5, 5.41) is 9.02. The molecule has 1 heterocycles. The number of carbonyl (C=O) groups excluding carboxylic acids is 1.